The lowest BCUT2D eigenvalue weighted by Gasteiger charge is -2.05. The van der Waals surface area contributed by atoms with Gasteiger partial charge < -0.3 is 5.32 Å². The standard InChI is InChI=1S/C18H13FN4/c19-15-10-5-4-9-14(15)16-11-6-12-17-21-18(22-23(16)17)20-13-7-2-1-3-8-13/h1-12H,(H,20,22). The number of para-hydroxylation sites is 1. The summed E-state index contributed by atoms with van der Waals surface area (Å²) >= 11 is 0. The van der Waals surface area contributed by atoms with Gasteiger partial charge >= 0.3 is 0 Å². The molecular formula is C18H13FN4. The Balaban J connectivity index is 1.81. The monoisotopic (exact) mass is 304 g/mol. The van der Waals surface area contributed by atoms with Gasteiger partial charge in [0.25, 0.3) is 0 Å². The van der Waals surface area contributed by atoms with Gasteiger partial charge in [-0.1, -0.05) is 36.4 Å². The molecule has 0 radical (unpaired) electrons. The summed E-state index contributed by atoms with van der Waals surface area (Å²) in [5, 5.41) is 7.60. The smallest absolute Gasteiger partial charge is 0.247 e. The highest BCUT2D eigenvalue weighted by atomic mass is 19.1. The van der Waals surface area contributed by atoms with Crippen LogP contribution in [0.15, 0.2) is 72.8 Å². The Morgan fingerprint density at radius 1 is 0.826 bits per heavy atom. The van der Waals surface area contributed by atoms with Crippen molar-refractivity contribution >= 4 is 17.3 Å². The SMILES string of the molecule is Fc1ccccc1-c1cccc2nc(Nc3ccccc3)nn12. The lowest BCUT2D eigenvalue weighted by molar-refractivity contribution is 0.630. The normalized spacial score (nSPS) is 10.8. The summed E-state index contributed by atoms with van der Waals surface area (Å²) in [6.07, 6.45) is 0. The van der Waals surface area contributed by atoms with E-state index < -0.39 is 0 Å². The van der Waals surface area contributed by atoms with Crippen LogP contribution in [0.25, 0.3) is 16.9 Å². The number of fused-ring (bicyclic) bond motifs is 1. The third-order valence-electron chi connectivity index (χ3n) is 3.54. The molecule has 23 heavy (non-hydrogen) atoms. The van der Waals surface area contributed by atoms with Crippen molar-refractivity contribution in [2.45, 2.75) is 0 Å². The molecule has 0 fully saturated rings. The second-order valence-electron chi connectivity index (χ2n) is 5.09. The number of pyridine rings is 1. The van der Waals surface area contributed by atoms with Gasteiger partial charge in [-0.05, 0) is 36.4 Å². The highest BCUT2D eigenvalue weighted by Crippen LogP contribution is 2.24. The fourth-order valence-electron chi connectivity index (χ4n) is 2.48. The van der Waals surface area contributed by atoms with Crippen LogP contribution in [-0.4, -0.2) is 14.6 Å². The average molecular weight is 304 g/mol. The van der Waals surface area contributed by atoms with Gasteiger partial charge in [-0.15, -0.1) is 5.10 Å². The lowest BCUT2D eigenvalue weighted by Crippen LogP contribution is -1.96. The Kier molecular flexibility index (Phi) is 3.24. The Morgan fingerprint density at radius 3 is 2.43 bits per heavy atom. The molecule has 0 saturated carbocycles. The predicted molar refractivity (Wildman–Crippen MR) is 88.1 cm³/mol. The van der Waals surface area contributed by atoms with Gasteiger partial charge in [-0.3, -0.25) is 0 Å². The minimum Gasteiger partial charge on any atom is -0.323 e. The second-order valence-corrected chi connectivity index (χ2v) is 5.09. The van der Waals surface area contributed by atoms with Crippen LogP contribution in [-0.2, 0) is 0 Å². The largest absolute Gasteiger partial charge is 0.323 e. The fourth-order valence-corrected chi connectivity index (χ4v) is 2.48. The minimum absolute atomic E-state index is 0.284. The zero-order valence-electron chi connectivity index (χ0n) is 12.1. The average Bonchev–Trinajstić information content (AvgIpc) is 2.99. The van der Waals surface area contributed by atoms with Gasteiger partial charge in [-0.2, -0.15) is 4.98 Å². The van der Waals surface area contributed by atoms with E-state index >= 15 is 0 Å². The van der Waals surface area contributed by atoms with E-state index in [9.17, 15) is 4.39 Å². The Hall–Kier alpha value is -3.21. The molecule has 0 unspecified atom stereocenters. The van der Waals surface area contributed by atoms with E-state index in [-0.39, 0.29) is 5.82 Å². The molecule has 0 amide bonds. The molecule has 0 aliphatic carbocycles. The molecule has 0 saturated heterocycles. The van der Waals surface area contributed by atoms with Crippen LogP contribution in [0.3, 0.4) is 0 Å². The predicted octanol–water partition coefficient (Wildman–Crippen LogP) is 4.28. The van der Waals surface area contributed by atoms with E-state index in [2.05, 4.69) is 15.4 Å². The highest BCUT2D eigenvalue weighted by molar-refractivity contribution is 5.65. The molecule has 1 N–H and O–H groups in total. The van der Waals surface area contributed by atoms with Crippen molar-refractivity contribution in [3.8, 4) is 11.3 Å². The summed E-state index contributed by atoms with van der Waals surface area (Å²) < 4.78 is 15.7. The van der Waals surface area contributed by atoms with E-state index in [0.29, 0.717) is 22.9 Å². The van der Waals surface area contributed by atoms with Crippen LogP contribution >= 0.6 is 0 Å². The van der Waals surface area contributed by atoms with Crippen LogP contribution in [0.5, 0.6) is 0 Å². The quantitative estimate of drug-likeness (QED) is 0.614. The molecule has 0 atom stereocenters. The van der Waals surface area contributed by atoms with Gasteiger partial charge in [0.1, 0.15) is 5.82 Å². The van der Waals surface area contributed by atoms with Crippen molar-refractivity contribution in [2.24, 2.45) is 0 Å². The molecule has 0 spiro atoms. The number of hydrogen-bond donors (Lipinski definition) is 1. The molecule has 112 valence electrons. The van der Waals surface area contributed by atoms with Crippen molar-refractivity contribution < 1.29 is 4.39 Å². The van der Waals surface area contributed by atoms with Crippen molar-refractivity contribution in [1.82, 2.24) is 14.6 Å². The molecule has 4 nitrogen and oxygen atoms in total. The van der Waals surface area contributed by atoms with E-state index in [1.807, 2.05) is 48.5 Å². The lowest BCUT2D eigenvalue weighted by atomic mass is 10.1. The van der Waals surface area contributed by atoms with Gasteiger partial charge in [0.05, 0.1) is 5.69 Å². The number of halogens is 1. The van der Waals surface area contributed by atoms with E-state index in [1.54, 1.807) is 22.7 Å². The summed E-state index contributed by atoms with van der Waals surface area (Å²) in [5.41, 5.74) is 2.71. The van der Waals surface area contributed by atoms with Crippen LogP contribution in [0, 0.1) is 5.82 Å². The van der Waals surface area contributed by atoms with Crippen molar-refractivity contribution in [1.29, 1.82) is 0 Å². The molecule has 4 rings (SSSR count). The number of benzene rings is 2. The fraction of sp³-hybridized carbons (Fsp3) is 0. The molecule has 2 aromatic carbocycles. The zero-order chi connectivity index (χ0) is 15.6. The molecular weight excluding hydrogens is 291 g/mol. The molecule has 2 heterocycles. The molecule has 2 aromatic heterocycles. The number of anilines is 2. The Labute approximate surface area is 132 Å². The minimum atomic E-state index is -0.284. The first kappa shape index (κ1) is 13.5. The number of rotatable bonds is 3. The number of aromatic nitrogens is 3. The first-order valence-corrected chi connectivity index (χ1v) is 7.24. The van der Waals surface area contributed by atoms with Crippen LogP contribution in [0.2, 0.25) is 0 Å². The summed E-state index contributed by atoms with van der Waals surface area (Å²) in [6, 6.07) is 21.8. The zero-order valence-corrected chi connectivity index (χ0v) is 12.1. The molecule has 5 heteroatoms. The van der Waals surface area contributed by atoms with E-state index in [1.165, 1.54) is 6.07 Å². The summed E-state index contributed by atoms with van der Waals surface area (Å²) in [4.78, 5) is 4.44. The number of hydrogen-bond acceptors (Lipinski definition) is 3. The third kappa shape index (κ3) is 2.53. The van der Waals surface area contributed by atoms with Crippen LogP contribution in [0.1, 0.15) is 0 Å². The molecule has 0 aliphatic rings. The molecule has 0 aliphatic heterocycles. The maximum atomic E-state index is 14.1. The van der Waals surface area contributed by atoms with E-state index in [4.69, 9.17) is 0 Å². The van der Waals surface area contributed by atoms with Gasteiger partial charge in [-0.25, -0.2) is 8.91 Å². The topological polar surface area (TPSA) is 42.2 Å². The van der Waals surface area contributed by atoms with Crippen LogP contribution < -0.4 is 5.32 Å². The second kappa shape index (κ2) is 5.53. The maximum Gasteiger partial charge on any atom is 0.247 e. The number of nitrogens with zero attached hydrogens (tertiary/aromatic N) is 3. The number of nitrogens with one attached hydrogen (secondary N) is 1. The molecule has 0 bridgehead atoms. The first-order chi connectivity index (χ1) is 11.3. The highest BCUT2D eigenvalue weighted by Gasteiger charge is 2.11. The summed E-state index contributed by atoms with van der Waals surface area (Å²) in [7, 11) is 0. The van der Waals surface area contributed by atoms with E-state index in [0.717, 1.165) is 5.69 Å². The maximum absolute atomic E-state index is 14.1. The third-order valence-corrected chi connectivity index (χ3v) is 3.54. The van der Waals surface area contributed by atoms with Crippen molar-refractivity contribution in [3.05, 3.63) is 78.6 Å². The van der Waals surface area contributed by atoms with Gasteiger partial charge in [0.2, 0.25) is 5.95 Å². The van der Waals surface area contributed by atoms with Gasteiger partial charge in [0.15, 0.2) is 5.65 Å². The van der Waals surface area contributed by atoms with Crippen LogP contribution in [0.4, 0.5) is 16.0 Å². The first-order valence-electron chi connectivity index (χ1n) is 7.24. The van der Waals surface area contributed by atoms with Crippen molar-refractivity contribution in [3.63, 3.8) is 0 Å². The summed E-state index contributed by atoms with van der Waals surface area (Å²) in [5.74, 6) is 0.188. The van der Waals surface area contributed by atoms with Gasteiger partial charge in [0, 0.05) is 11.3 Å². The summed E-state index contributed by atoms with van der Waals surface area (Å²) in [6.45, 7) is 0. The molecule has 4 aromatic rings. The Bertz CT molecular complexity index is 963. The van der Waals surface area contributed by atoms with Crippen molar-refractivity contribution in [2.75, 3.05) is 5.32 Å². The Morgan fingerprint density at radius 2 is 1.61 bits per heavy atom.